The van der Waals surface area contributed by atoms with Crippen molar-refractivity contribution in [1.29, 1.82) is 0 Å². The van der Waals surface area contributed by atoms with E-state index in [1.165, 1.54) is 31.3 Å². The minimum absolute atomic E-state index is 0.540. The molecular weight excluding hydrogens is 144 g/mol. The van der Waals surface area contributed by atoms with Crippen LogP contribution < -0.4 is 0 Å². The minimum atomic E-state index is 0.540. The molecule has 0 heterocycles. The molecule has 1 atom stereocenters. The maximum absolute atomic E-state index is 3.86. The summed E-state index contributed by atoms with van der Waals surface area (Å²) in [5.74, 6) is 0.540. The molecule has 1 rings (SSSR count). The summed E-state index contributed by atoms with van der Waals surface area (Å²) in [5, 5.41) is 0. The summed E-state index contributed by atoms with van der Waals surface area (Å²) in [5.41, 5.74) is 3.03. The fourth-order valence-corrected chi connectivity index (χ4v) is 1.85. The fraction of sp³-hybridized carbons (Fsp3) is 0.500. The maximum Gasteiger partial charge on any atom is -0.00485 e. The average Bonchev–Trinajstić information content (AvgIpc) is 2.16. The van der Waals surface area contributed by atoms with Gasteiger partial charge in [-0.05, 0) is 37.2 Å². The van der Waals surface area contributed by atoms with Crippen LogP contribution in [0.5, 0.6) is 0 Å². The molecule has 0 heteroatoms. The van der Waals surface area contributed by atoms with E-state index >= 15 is 0 Å². The number of rotatable bonds is 3. The van der Waals surface area contributed by atoms with Crippen molar-refractivity contribution in [2.75, 3.05) is 0 Å². The monoisotopic (exact) mass is 162 g/mol. The molecule has 0 aliphatic heterocycles. The third-order valence-corrected chi connectivity index (χ3v) is 2.70. The zero-order valence-electron chi connectivity index (χ0n) is 7.97. The molecule has 0 aromatic heterocycles. The zero-order chi connectivity index (χ0) is 8.97. The highest BCUT2D eigenvalue weighted by molar-refractivity contribution is 5.29. The van der Waals surface area contributed by atoms with Crippen LogP contribution in [0.2, 0.25) is 0 Å². The first kappa shape index (κ1) is 9.31. The third-order valence-electron chi connectivity index (χ3n) is 2.70. The van der Waals surface area contributed by atoms with Crippen molar-refractivity contribution >= 4 is 0 Å². The topological polar surface area (TPSA) is 0 Å². The van der Waals surface area contributed by atoms with Crippen molar-refractivity contribution < 1.29 is 0 Å². The molecular formula is C12H18. The van der Waals surface area contributed by atoms with Crippen LogP contribution in [0.15, 0.2) is 36.5 Å². The van der Waals surface area contributed by atoms with E-state index in [2.05, 4.69) is 20.1 Å². The standard InChI is InChI=1S/C12H18/c1-4-10(3)12-9-7-6-8-11(12)5-2/h4-5,10H,1-2,6-9H2,3H3. The molecule has 0 N–H and O–H groups in total. The molecule has 0 nitrogen and oxygen atoms in total. The van der Waals surface area contributed by atoms with Crippen molar-refractivity contribution in [2.45, 2.75) is 32.6 Å². The van der Waals surface area contributed by atoms with Crippen LogP contribution in [-0.4, -0.2) is 0 Å². The molecule has 66 valence electrons. The van der Waals surface area contributed by atoms with Gasteiger partial charge in [-0.25, -0.2) is 0 Å². The number of hydrogen-bond donors (Lipinski definition) is 0. The van der Waals surface area contributed by atoms with Gasteiger partial charge in [0.1, 0.15) is 0 Å². The summed E-state index contributed by atoms with van der Waals surface area (Å²) in [6.45, 7) is 9.91. The molecule has 1 aliphatic rings. The van der Waals surface area contributed by atoms with Crippen LogP contribution >= 0.6 is 0 Å². The van der Waals surface area contributed by atoms with Crippen LogP contribution in [0.1, 0.15) is 32.6 Å². The Morgan fingerprint density at radius 1 is 1.25 bits per heavy atom. The molecule has 1 unspecified atom stereocenters. The van der Waals surface area contributed by atoms with Crippen LogP contribution in [-0.2, 0) is 0 Å². The Balaban J connectivity index is 2.86. The van der Waals surface area contributed by atoms with Crippen LogP contribution in [0.4, 0.5) is 0 Å². The first-order valence-electron chi connectivity index (χ1n) is 4.76. The van der Waals surface area contributed by atoms with Gasteiger partial charge in [0, 0.05) is 0 Å². The van der Waals surface area contributed by atoms with Gasteiger partial charge in [0.2, 0.25) is 0 Å². The van der Waals surface area contributed by atoms with E-state index in [1.807, 2.05) is 12.2 Å². The summed E-state index contributed by atoms with van der Waals surface area (Å²) >= 11 is 0. The van der Waals surface area contributed by atoms with Crippen LogP contribution in [0.25, 0.3) is 0 Å². The Bertz CT molecular complexity index is 208. The predicted octanol–water partition coefficient (Wildman–Crippen LogP) is 3.87. The lowest BCUT2D eigenvalue weighted by Crippen LogP contribution is -2.04. The lowest BCUT2D eigenvalue weighted by molar-refractivity contribution is 0.631. The Kier molecular flexibility index (Phi) is 3.33. The molecule has 0 fully saturated rings. The smallest absolute Gasteiger partial charge is 0.00485 e. The molecule has 0 saturated heterocycles. The second-order valence-electron chi connectivity index (χ2n) is 3.49. The van der Waals surface area contributed by atoms with E-state index in [0.717, 1.165) is 0 Å². The van der Waals surface area contributed by atoms with Crippen molar-refractivity contribution in [1.82, 2.24) is 0 Å². The molecule has 0 spiro atoms. The van der Waals surface area contributed by atoms with Crippen molar-refractivity contribution in [3.8, 4) is 0 Å². The maximum atomic E-state index is 3.86. The normalized spacial score (nSPS) is 20.4. The molecule has 0 radical (unpaired) electrons. The average molecular weight is 162 g/mol. The largest absolute Gasteiger partial charge is 0.102 e. The van der Waals surface area contributed by atoms with Gasteiger partial charge >= 0.3 is 0 Å². The van der Waals surface area contributed by atoms with Crippen LogP contribution in [0.3, 0.4) is 0 Å². The van der Waals surface area contributed by atoms with Crippen molar-refractivity contribution in [3.05, 3.63) is 36.5 Å². The SMILES string of the molecule is C=CC1=C(C(C)C=C)CCCC1. The first-order valence-corrected chi connectivity index (χ1v) is 4.76. The highest BCUT2D eigenvalue weighted by Gasteiger charge is 2.13. The number of hydrogen-bond acceptors (Lipinski definition) is 0. The molecule has 1 aliphatic carbocycles. The molecule has 0 bridgehead atoms. The van der Waals surface area contributed by atoms with Gasteiger partial charge in [0.25, 0.3) is 0 Å². The third kappa shape index (κ3) is 1.88. The summed E-state index contributed by atoms with van der Waals surface area (Å²) in [4.78, 5) is 0. The molecule has 0 amide bonds. The Morgan fingerprint density at radius 2 is 1.92 bits per heavy atom. The van der Waals surface area contributed by atoms with Gasteiger partial charge in [-0.1, -0.05) is 31.2 Å². The fourth-order valence-electron chi connectivity index (χ4n) is 1.85. The Labute approximate surface area is 75.7 Å². The molecule has 0 aromatic carbocycles. The van der Waals surface area contributed by atoms with Gasteiger partial charge in [-0.15, -0.1) is 6.58 Å². The highest BCUT2D eigenvalue weighted by Crippen LogP contribution is 2.30. The van der Waals surface area contributed by atoms with E-state index < -0.39 is 0 Å². The van der Waals surface area contributed by atoms with Gasteiger partial charge < -0.3 is 0 Å². The summed E-state index contributed by atoms with van der Waals surface area (Å²) in [6, 6.07) is 0. The zero-order valence-corrected chi connectivity index (χ0v) is 7.97. The molecule has 0 aromatic rings. The molecule has 0 saturated carbocycles. The van der Waals surface area contributed by atoms with Crippen molar-refractivity contribution in [2.24, 2.45) is 5.92 Å². The summed E-state index contributed by atoms with van der Waals surface area (Å²) in [6.07, 6.45) is 9.18. The second-order valence-corrected chi connectivity index (χ2v) is 3.49. The molecule has 12 heavy (non-hydrogen) atoms. The number of allylic oxidation sites excluding steroid dienone is 4. The Hall–Kier alpha value is -0.780. The first-order chi connectivity index (χ1) is 5.79. The van der Waals surface area contributed by atoms with Crippen LogP contribution in [0, 0.1) is 5.92 Å². The van der Waals surface area contributed by atoms with Gasteiger partial charge in [-0.3, -0.25) is 0 Å². The van der Waals surface area contributed by atoms with E-state index in [1.54, 1.807) is 5.57 Å². The lowest BCUT2D eigenvalue weighted by atomic mass is 9.85. The quantitative estimate of drug-likeness (QED) is 0.553. The van der Waals surface area contributed by atoms with Gasteiger partial charge in [0.05, 0.1) is 0 Å². The van der Waals surface area contributed by atoms with E-state index in [-0.39, 0.29) is 0 Å². The van der Waals surface area contributed by atoms with E-state index in [9.17, 15) is 0 Å². The van der Waals surface area contributed by atoms with E-state index in [0.29, 0.717) is 5.92 Å². The lowest BCUT2D eigenvalue weighted by Gasteiger charge is -2.21. The summed E-state index contributed by atoms with van der Waals surface area (Å²) in [7, 11) is 0. The van der Waals surface area contributed by atoms with Crippen molar-refractivity contribution in [3.63, 3.8) is 0 Å². The van der Waals surface area contributed by atoms with E-state index in [4.69, 9.17) is 0 Å². The predicted molar refractivity (Wildman–Crippen MR) is 55.1 cm³/mol. The van der Waals surface area contributed by atoms with Gasteiger partial charge in [-0.2, -0.15) is 0 Å². The minimum Gasteiger partial charge on any atom is -0.102 e. The highest BCUT2D eigenvalue weighted by atomic mass is 14.2. The Morgan fingerprint density at radius 3 is 2.50 bits per heavy atom. The van der Waals surface area contributed by atoms with Gasteiger partial charge in [0.15, 0.2) is 0 Å². The summed E-state index contributed by atoms with van der Waals surface area (Å²) < 4.78 is 0. The second kappa shape index (κ2) is 4.30.